The van der Waals surface area contributed by atoms with Gasteiger partial charge in [0, 0.05) is 24.3 Å². The average Bonchev–Trinajstić information content (AvgIpc) is 2.91. The Kier molecular flexibility index (Phi) is 4.34. The second-order valence-corrected chi connectivity index (χ2v) is 5.82. The summed E-state index contributed by atoms with van der Waals surface area (Å²) in [6.45, 7) is 4.89. The molecule has 0 radical (unpaired) electrons. The Bertz CT molecular complexity index is 842. The van der Waals surface area contributed by atoms with Gasteiger partial charge in [-0.05, 0) is 31.0 Å². The number of hydrogen-bond donors (Lipinski definition) is 2. The number of nitrogens with one attached hydrogen (secondary N) is 2. The van der Waals surface area contributed by atoms with E-state index in [-0.39, 0.29) is 0 Å². The average molecular weight is 331 g/mol. The van der Waals surface area contributed by atoms with Gasteiger partial charge in [0.1, 0.15) is 5.82 Å². The summed E-state index contributed by atoms with van der Waals surface area (Å²) < 4.78 is 1.74. The maximum Gasteiger partial charge on any atom is 0.226 e. The van der Waals surface area contributed by atoms with Gasteiger partial charge in [-0.15, -0.1) is 0 Å². The summed E-state index contributed by atoms with van der Waals surface area (Å²) in [5, 5.41) is 12.4. The molecule has 0 spiro atoms. The lowest BCUT2D eigenvalue weighted by Gasteiger charge is -2.10. The van der Waals surface area contributed by atoms with Gasteiger partial charge in [-0.3, -0.25) is 4.68 Å². The Morgan fingerprint density at radius 2 is 2.09 bits per heavy atom. The summed E-state index contributed by atoms with van der Waals surface area (Å²) in [4.78, 5) is 9.09. The molecular formula is C16H19ClN6. The number of anilines is 3. The molecule has 0 aliphatic heterocycles. The van der Waals surface area contributed by atoms with E-state index in [1.54, 1.807) is 10.9 Å². The van der Waals surface area contributed by atoms with Crippen LogP contribution in [-0.2, 0) is 7.05 Å². The molecule has 23 heavy (non-hydrogen) atoms. The van der Waals surface area contributed by atoms with E-state index in [4.69, 9.17) is 11.6 Å². The zero-order valence-corrected chi connectivity index (χ0v) is 14.1. The molecule has 0 fully saturated rings. The highest BCUT2D eigenvalue weighted by molar-refractivity contribution is 6.31. The van der Waals surface area contributed by atoms with Crippen molar-refractivity contribution in [2.45, 2.75) is 20.3 Å². The fourth-order valence-corrected chi connectivity index (χ4v) is 2.42. The minimum Gasteiger partial charge on any atom is -0.354 e. The fourth-order valence-electron chi connectivity index (χ4n) is 2.24. The number of fused-ring (bicyclic) bond motifs is 1. The highest BCUT2D eigenvalue weighted by atomic mass is 35.5. The van der Waals surface area contributed by atoms with Crippen LogP contribution in [0.5, 0.6) is 0 Å². The first kappa shape index (κ1) is 15.6. The number of rotatable bonds is 5. The molecule has 0 saturated heterocycles. The molecule has 2 aromatic heterocycles. The van der Waals surface area contributed by atoms with Crippen molar-refractivity contribution in [2.75, 3.05) is 17.2 Å². The first-order valence-electron chi connectivity index (χ1n) is 7.55. The monoisotopic (exact) mass is 330 g/mol. The summed E-state index contributed by atoms with van der Waals surface area (Å²) >= 11 is 6.20. The number of halogens is 1. The first-order chi connectivity index (χ1) is 11.1. The summed E-state index contributed by atoms with van der Waals surface area (Å²) in [5.41, 5.74) is 2.70. The normalized spacial score (nSPS) is 11.0. The molecule has 0 amide bonds. The summed E-state index contributed by atoms with van der Waals surface area (Å²) in [5.74, 6) is 1.30. The molecule has 0 aliphatic rings. The van der Waals surface area contributed by atoms with E-state index in [0.717, 1.165) is 40.3 Å². The van der Waals surface area contributed by atoms with Gasteiger partial charge in [0.25, 0.3) is 0 Å². The molecule has 2 heterocycles. The SMILES string of the molecule is CCCNc1nc(Nc2ccc(C)c(Cl)c2)c2cnn(C)c2n1. The largest absolute Gasteiger partial charge is 0.354 e. The van der Waals surface area contributed by atoms with Gasteiger partial charge in [-0.25, -0.2) is 0 Å². The first-order valence-corrected chi connectivity index (χ1v) is 7.93. The van der Waals surface area contributed by atoms with Crippen molar-refractivity contribution in [1.29, 1.82) is 0 Å². The standard InChI is InChI=1S/C16H19ClN6/c1-4-7-18-16-21-14(12-9-19-23(3)15(12)22-16)20-11-6-5-10(2)13(17)8-11/h5-6,8-9H,4,7H2,1-3H3,(H2,18,20,21,22). The molecule has 0 atom stereocenters. The number of aryl methyl sites for hydroxylation is 2. The summed E-state index contributed by atoms with van der Waals surface area (Å²) in [7, 11) is 1.87. The van der Waals surface area contributed by atoms with Crippen LogP contribution in [0.15, 0.2) is 24.4 Å². The van der Waals surface area contributed by atoms with Gasteiger partial charge in [-0.2, -0.15) is 15.1 Å². The van der Waals surface area contributed by atoms with E-state index in [1.807, 2.05) is 32.2 Å². The van der Waals surface area contributed by atoms with E-state index in [0.29, 0.717) is 11.8 Å². The van der Waals surface area contributed by atoms with E-state index in [9.17, 15) is 0 Å². The lowest BCUT2D eigenvalue weighted by atomic mass is 10.2. The molecule has 120 valence electrons. The van der Waals surface area contributed by atoms with Gasteiger partial charge >= 0.3 is 0 Å². The summed E-state index contributed by atoms with van der Waals surface area (Å²) in [6, 6.07) is 5.84. The number of aromatic nitrogens is 4. The highest BCUT2D eigenvalue weighted by Gasteiger charge is 2.12. The van der Waals surface area contributed by atoms with Gasteiger partial charge in [0.2, 0.25) is 5.95 Å². The third kappa shape index (κ3) is 3.22. The second-order valence-electron chi connectivity index (χ2n) is 5.42. The van der Waals surface area contributed by atoms with Gasteiger partial charge in [0.15, 0.2) is 5.65 Å². The van der Waals surface area contributed by atoms with E-state index < -0.39 is 0 Å². The molecule has 0 aliphatic carbocycles. The van der Waals surface area contributed by atoms with Crippen molar-refractivity contribution >= 4 is 40.1 Å². The Labute approximate surface area is 139 Å². The van der Waals surface area contributed by atoms with Crippen molar-refractivity contribution < 1.29 is 0 Å². The number of benzene rings is 1. The van der Waals surface area contributed by atoms with Crippen LogP contribution in [0, 0.1) is 6.92 Å². The Hall–Kier alpha value is -2.34. The van der Waals surface area contributed by atoms with Crippen LogP contribution in [0.25, 0.3) is 11.0 Å². The Balaban J connectivity index is 2.02. The van der Waals surface area contributed by atoms with Crippen molar-refractivity contribution in [3.05, 3.63) is 35.0 Å². The smallest absolute Gasteiger partial charge is 0.226 e. The highest BCUT2D eigenvalue weighted by Crippen LogP contribution is 2.27. The minimum absolute atomic E-state index is 0.587. The van der Waals surface area contributed by atoms with Crippen LogP contribution in [0.4, 0.5) is 17.5 Å². The van der Waals surface area contributed by atoms with Crippen molar-refractivity contribution in [3.63, 3.8) is 0 Å². The van der Waals surface area contributed by atoms with E-state index >= 15 is 0 Å². The molecule has 0 bridgehead atoms. The maximum atomic E-state index is 6.20. The van der Waals surface area contributed by atoms with Crippen molar-refractivity contribution in [3.8, 4) is 0 Å². The molecule has 3 aromatic rings. The minimum atomic E-state index is 0.587. The quantitative estimate of drug-likeness (QED) is 0.742. The van der Waals surface area contributed by atoms with Crippen LogP contribution in [0.3, 0.4) is 0 Å². The molecule has 6 nitrogen and oxygen atoms in total. The topological polar surface area (TPSA) is 67.7 Å². The molecule has 2 N–H and O–H groups in total. The van der Waals surface area contributed by atoms with Crippen LogP contribution >= 0.6 is 11.6 Å². The maximum absolute atomic E-state index is 6.20. The number of hydrogen-bond acceptors (Lipinski definition) is 5. The lowest BCUT2D eigenvalue weighted by molar-refractivity contribution is 0.785. The fraction of sp³-hybridized carbons (Fsp3) is 0.312. The van der Waals surface area contributed by atoms with E-state index in [1.165, 1.54) is 0 Å². The van der Waals surface area contributed by atoms with Gasteiger partial charge < -0.3 is 10.6 Å². The van der Waals surface area contributed by atoms with E-state index in [2.05, 4.69) is 32.6 Å². The second kappa shape index (κ2) is 6.42. The van der Waals surface area contributed by atoms with Crippen LogP contribution in [-0.4, -0.2) is 26.3 Å². The van der Waals surface area contributed by atoms with Crippen LogP contribution in [0.2, 0.25) is 5.02 Å². The third-order valence-corrected chi connectivity index (χ3v) is 3.97. The van der Waals surface area contributed by atoms with Crippen molar-refractivity contribution in [1.82, 2.24) is 19.7 Å². The zero-order valence-electron chi connectivity index (χ0n) is 13.4. The number of nitrogens with zero attached hydrogens (tertiary/aromatic N) is 4. The van der Waals surface area contributed by atoms with Crippen molar-refractivity contribution in [2.24, 2.45) is 7.05 Å². The molecule has 7 heteroatoms. The Morgan fingerprint density at radius 3 is 2.83 bits per heavy atom. The predicted octanol–water partition coefficient (Wildman–Crippen LogP) is 3.89. The van der Waals surface area contributed by atoms with Gasteiger partial charge in [0.05, 0.1) is 11.6 Å². The molecule has 0 saturated carbocycles. The van der Waals surface area contributed by atoms with Crippen LogP contribution < -0.4 is 10.6 Å². The zero-order chi connectivity index (χ0) is 16.4. The summed E-state index contributed by atoms with van der Waals surface area (Å²) in [6.07, 6.45) is 2.76. The Morgan fingerprint density at radius 1 is 1.26 bits per heavy atom. The predicted molar refractivity (Wildman–Crippen MR) is 94.6 cm³/mol. The van der Waals surface area contributed by atoms with Gasteiger partial charge in [-0.1, -0.05) is 24.6 Å². The molecular weight excluding hydrogens is 312 g/mol. The molecule has 3 rings (SSSR count). The molecule has 0 unspecified atom stereocenters. The lowest BCUT2D eigenvalue weighted by Crippen LogP contribution is -2.07. The third-order valence-electron chi connectivity index (χ3n) is 3.56. The molecule has 1 aromatic carbocycles. The van der Waals surface area contributed by atoms with Crippen LogP contribution in [0.1, 0.15) is 18.9 Å².